The van der Waals surface area contributed by atoms with Crippen LogP contribution in [0.15, 0.2) is 42.5 Å². The van der Waals surface area contributed by atoms with Gasteiger partial charge in [-0.3, -0.25) is 13.9 Å². The number of methoxy groups -OCH3 is 1. The second kappa shape index (κ2) is 13.5. The molecule has 0 unspecified atom stereocenters. The van der Waals surface area contributed by atoms with E-state index in [0.29, 0.717) is 23.7 Å². The Kier molecular flexibility index (Phi) is 11.0. The number of carbonyl (C=O) groups excluding carboxylic acids is 2. The van der Waals surface area contributed by atoms with Crippen LogP contribution in [0, 0.1) is 6.92 Å². The molecule has 0 aromatic heterocycles. The van der Waals surface area contributed by atoms with E-state index < -0.39 is 28.5 Å². The van der Waals surface area contributed by atoms with Gasteiger partial charge < -0.3 is 15.0 Å². The number of nitrogens with zero attached hydrogens (tertiary/aromatic N) is 2. The predicted octanol–water partition coefficient (Wildman–Crippen LogP) is 4.15. The number of rotatable bonds is 13. The third-order valence-corrected chi connectivity index (χ3v) is 7.40. The van der Waals surface area contributed by atoms with E-state index in [4.69, 9.17) is 16.3 Å². The van der Waals surface area contributed by atoms with E-state index in [-0.39, 0.29) is 18.1 Å². The average Bonchev–Trinajstić information content (AvgIpc) is 2.84. The van der Waals surface area contributed by atoms with Gasteiger partial charge in [0.1, 0.15) is 18.3 Å². The van der Waals surface area contributed by atoms with Crippen molar-refractivity contribution in [1.29, 1.82) is 0 Å². The lowest BCUT2D eigenvalue weighted by molar-refractivity contribution is -0.140. The molecule has 0 bridgehead atoms. The number of hydrogen-bond donors (Lipinski definition) is 1. The molecule has 0 fully saturated rings. The van der Waals surface area contributed by atoms with Crippen molar-refractivity contribution in [3.05, 3.63) is 58.6 Å². The summed E-state index contributed by atoms with van der Waals surface area (Å²) < 4.78 is 31.6. The number of aryl methyl sites for hydroxylation is 1. The Morgan fingerprint density at radius 3 is 2.31 bits per heavy atom. The summed E-state index contributed by atoms with van der Waals surface area (Å²) in [7, 11) is -2.25. The maximum absolute atomic E-state index is 13.7. The van der Waals surface area contributed by atoms with Crippen molar-refractivity contribution in [2.45, 2.75) is 52.6 Å². The highest BCUT2D eigenvalue weighted by Gasteiger charge is 2.31. The van der Waals surface area contributed by atoms with E-state index in [0.717, 1.165) is 34.5 Å². The summed E-state index contributed by atoms with van der Waals surface area (Å²) in [5, 5.41) is 3.29. The van der Waals surface area contributed by atoms with E-state index in [2.05, 4.69) is 5.32 Å². The van der Waals surface area contributed by atoms with Crippen molar-refractivity contribution in [1.82, 2.24) is 10.2 Å². The fourth-order valence-corrected chi connectivity index (χ4v) is 4.72. The standard InChI is InChI=1S/C26H36ClN3O5S/c1-6-8-15-28-26(32)24(7-2)29(17-20-10-13-22(35-4)14-11-20)25(31)18-30(36(5,33)34)21-12-9-19(3)23(27)16-21/h9-14,16,24H,6-8,15,17-18H2,1-5H3,(H,28,32)/t24-/m0/s1. The van der Waals surface area contributed by atoms with Crippen LogP contribution in [0.4, 0.5) is 5.69 Å². The molecule has 198 valence electrons. The molecule has 8 nitrogen and oxygen atoms in total. The Labute approximate surface area is 219 Å². The van der Waals surface area contributed by atoms with Crippen LogP contribution in [-0.4, -0.2) is 57.6 Å². The van der Waals surface area contributed by atoms with Gasteiger partial charge in [-0.05, 0) is 55.2 Å². The van der Waals surface area contributed by atoms with Gasteiger partial charge >= 0.3 is 0 Å². The molecule has 2 aromatic carbocycles. The van der Waals surface area contributed by atoms with E-state index >= 15 is 0 Å². The summed E-state index contributed by atoms with van der Waals surface area (Å²) in [6.45, 7) is 5.84. The first-order valence-corrected chi connectivity index (χ1v) is 14.2. The summed E-state index contributed by atoms with van der Waals surface area (Å²) >= 11 is 6.23. The van der Waals surface area contributed by atoms with Gasteiger partial charge in [-0.15, -0.1) is 0 Å². The van der Waals surface area contributed by atoms with Crippen LogP contribution >= 0.6 is 11.6 Å². The zero-order valence-corrected chi connectivity index (χ0v) is 23.2. The van der Waals surface area contributed by atoms with Crippen molar-refractivity contribution in [3.8, 4) is 5.75 Å². The number of benzene rings is 2. The Morgan fingerprint density at radius 2 is 1.78 bits per heavy atom. The first-order valence-electron chi connectivity index (χ1n) is 12.0. The van der Waals surface area contributed by atoms with Gasteiger partial charge in [0.15, 0.2) is 0 Å². The van der Waals surface area contributed by atoms with Crippen molar-refractivity contribution < 1.29 is 22.7 Å². The molecule has 1 N–H and O–H groups in total. The minimum absolute atomic E-state index is 0.134. The monoisotopic (exact) mass is 537 g/mol. The van der Waals surface area contributed by atoms with E-state index in [1.807, 2.05) is 32.9 Å². The molecule has 0 saturated carbocycles. The van der Waals surface area contributed by atoms with Gasteiger partial charge in [-0.25, -0.2) is 8.42 Å². The highest BCUT2D eigenvalue weighted by atomic mass is 35.5. The molecule has 1 atom stereocenters. The molecule has 2 aromatic rings. The number of carbonyl (C=O) groups is 2. The molecule has 0 heterocycles. The average molecular weight is 538 g/mol. The van der Waals surface area contributed by atoms with Crippen molar-refractivity contribution in [2.24, 2.45) is 0 Å². The molecule has 0 saturated heterocycles. The number of unbranched alkanes of at least 4 members (excludes halogenated alkanes) is 1. The number of nitrogens with one attached hydrogen (secondary N) is 1. The molecular formula is C26H36ClN3O5S. The van der Waals surface area contributed by atoms with Crippen LogP contribution in [0.2, 0.25) is 5.02 Å². The molecule has 2 rings (SSSR count). The fourth-order valence-electron chi connectivity index (χ4n) is 3.70. The lowest BCUT2D eigenvalue weighted by Crippen LogP contribution is -2.52. The normalized spacial score (nSPS) is 12.1. The van der Waals surface area contributed by atoms with Crippen LogP contribution in [0.3, 0.4) is 0 Å². The first-order chi connectivity index (χ1) is 17.0. The van der Waals surface area contributed by atoms with Gasteiger partial charge in [-0.2, -0.15) is 0 Å². The summed E-state index contributed by atoms with van der Waals surface area (Å²) in [4.78, 5) is 28.2. The molecule has 36 heavy (non-hydrogen) atoms. The van der Waals surface area contributed by atoms with Crippen molar-refractivity contribution in [3.63, 3.8) is 0 Å². The van der Waals surface area contributed by atoms with Gasteiger partial charge in [0, 0.05) is 18.1 Å². The van der Waals surface area contributed by atoms with E-state index in [1.165, 1.54) is 11.0 Å². The van der Waals surface area contributed by atoms with Crippen LogP contribution in [0.5, 0.6) is 5.75 Å². The lowest BCUT2D eigenvalue weighted by atomic mass is 10.1. The van der Waals surface area contributed by atoms with Gasteiger partial charge in [0.05, 0.1) is 19.1 Å². The second-order valence-electron chi connectivity index (χ2n) is 8.64. The molecule has 10 heteroatoms. The summed E-state index contributed by atoms with van der Waals surface area (Å²) in [5.41, 5.74) is 1.86. The maximum Gasteiger partial charge on any atom is 0.244 e. The first kappa shape index (κ1) is 29.5. The third-order valence-electron chi connectivity index (χ3n) is 5.85. The minimum atomic E-state index is -3.82. The molecular weight excluding hydrogens is 502 g/mol. The Bertz CT molecular complexity index is 1140. The minimum Gasteiger partial charge on any atom is -0.497 e. The number of sulfonamides is 1. The van der Waals surface area contributed by atoms with Gasteiger partial charge in [0.25, 0.3) is 0 Å². The zero-order valence-electron chi connectivity index (χ0n) is 21.6. The smallest absolute Gasteiger partial charge is 0.244 e. The highest BCUT2D eigenvalue weighted by molar-refractivity contribution is 7.92. The van der Waals surface area contributed by atoms with Gasteiger partial charge in [0.2, 0.25) is 21.8 Å². The predicted molar refractivity (Wildman–Crippen MR) is 144 cm³/mol. The molecule has 0 spiro atoms. The summed E-state index contributed by atoms with van der Waals surface area (Å²) in [6, 6.07) is 11.2. The molecule has 0 radical (unpaired) electrons. The second-order valence-corrected chi connectivity index (χ2v) is 11.0. The van der Waals surface area contributed by atoms with Crippen LogP contribution in [-0.2, 0) is 26.2 Å². The van der Waals surface area contributed by atoms with Crippen LogP contribution < -0.4 is 14.4 Å². The third kappa shape index (κ3) is 8.13. The van der Waals surface area contributed by atoms with Crippen LogP contribution in [0.25, 0.3) is 0 Å². The van der Waals surface area contributed by atoms with Crippen LogP contribution in [0.1, 0.15) is 44.2 Å². The Hall–Kier alpha value is -2.78. The number of ether oxygens (including phenoxy) is 1. The van der Waals surface area contributed by atoms with E-state index in [9.17, 15) is 18.0 Å². The number of hydrogen-bond acceptors (Lipinski definition) is 5. The number of halogens is 1. The largest absolute Gasteiger partial charge is 0.497 e. The number of anilines is 1. The molecule has 0 aliphatic rings. The fraction of sp³-hybridized carbons (Fsp3) is 0.462. The highest BCUT2D eigenvalue weighted by Crippen LogP contribution is 2.25. The molecule has 0 aliphatic heterocycles. The molecule has 2 amide bonds. The lowest BCUT2D eigenvalue weighted by Gasteiger charge is -2.33. The number of amides is 2. The van der Waals surface area contributed by atoms with E-state index in [1.54, 1.807) is 31.4 Å². The van der Waals surface area contributed by atoms with Gasteiger partial charge in [-0.1, -0.05) is 50.1 Å². The summed E-state index contributed by atoms with van der Waals surface area (Å²) in [5.74, 6) is -0.0944. The Morgan fingerprint density at radius 1 is 1.11 bits per heavy atom. The SMILES string of the molecule is CCCCNC(=O)[C@H](CC)N(Cc1ccc(OC)cc1)C(=O)CN(c1ccc(C)c(Cl)c1)S(C)(=O)=O. The maximum atomic E-state index is 13.7. The molecule has 0 aliphatic carbocycles. The Balaban J connectivity index is 2.42. The van der Waals surface area contributed by atoms with Crippen molar-refractivity contribution in [2.75, 3.05) is 30.8 Å². The zero-order chi connectivity index (χ0) is 26.9. The summed E-state index contributed by atoms with van der Waals surface area (Å²) in [6.07, 6.45) is 3.16. The van der Waals surface area contributed by atoms with Crippen molar-refractivity contribution >= 4 is 39.1 Å². The quantitative estimate of drug-likeness (QED) is 0.387. The topological polar surface area (TPSA) is 96.0 Å².